The van der Waals surface area contributed by atoms with Gasteiger partial charge in [-0.2, -0.15) is 0 Å². The van der Waals surface area contributed by atoms with Gasteiger partial charge in [-0.15, -0.1) is 0 Å². The van der Waals surface area contributed by atoms with Gasteiger partial charge in [-0.3, -0.25) is 0 Å². The van der Waals surface area contributed by atoms with Crippen molar-refractivity contribution in [2.75, 3.05) is 13.2 Å². The predicted molar refractivity (Wildman–Crippen MR) is 130 cm³/mol. The van der Waals surface area contributed by atoms with E-state index in [-0.39, 0.29) is 18.6 Å². The van der Waals surface area contributed by atoms with Crippen molar-refractivity contribution in [3.8, 4) is 5.75 Å². The minimum absolute atomic E-state index is 0.111. The van der Waals surface area contributed by atoms with Gasteiger partial charge < -0.3 is 15.3 Å². The quantitative estimate of drug-likeness (QED) is 0.286. The fraction of sp³-hybridized carbons (Fsp3) is 0.778. The van der Waals surface area contributed by atoms with E-state index >= 15 is 0 Å². The highest BCUT2D eigenvalue weighted by atomic mass is 16.3. The molecule has 0 bridgehead atoms. The van der Waals surface area contributed by atoms with E-state index in [0.717, 1.165) is 57.8 Å². The van der Waals surface area contributed by atoms with Crippen LogP contribution in [0.2, 0.25) is 0 Å². The Morgan fingerprint density at radius 2 is 1.10 bits per heavy atom. The van der Waals surface area contributed by atoms with Gasteiger partial charge in [-0.1, -0.05) is 78.9 Å². The van der Waals surface area contributed by atoms with E-state index in [2.05, 4.69) is 39.8 Å². The van der Waals surface area contributed by atoms with Crippen molar-refractivity contribution >= 4 is 0 Å². The molecule has 1 aromatic rings. The van der Waals surface area contributed by atoms with Gasteiger partial charge in [0.2, 0.25) is 0 Å². The molecule has 0 atom stereocenters. The highest BCUT2D eigenvalue weighted by molar-refractivity contribution is 5.44. The van der Waals surface area contributed by atoms with Gasteiger partial charge in [0.05, 0.1) is 13.2 Å². The summed E-state index contributed by atoms with van der Waals surface area (Å²) in [6.45, 7) is 11.0. The highest BCUT2D eigenvalue weighted by Gasteiger charge is 2.25. The van der Waals surface area contributed by atoms with Crippen LogP contribution >= 0.6 is 0 Å². The first-order valence-electron chi connectivity index (χ1n) is 12.5. The molecule has 0 aliphatic heterocycles. The molecule has 0 spiro atoms. The molecule has 0 amide bonds. The molecule has 0 aliphatic rings. The first-order chi connectivity index (χ1) is 14.5. The third-order valence-electron chi connectivity index (χ3n) is 6.23. The SMILES string of the molecule is CCCCC(CC)(CO)CO.CCCCc1cc(CCCC)c(O)c(CCCC)c1. The van der Waals surface area contributed by atoms with Crippen molar-refractivity contribution < 1.29 is 15.3 Å². The number of hydrogen-bond acceptors (Lipinski definition) is 3. The average Bonchev–Trinajstić information content (AvgIpc) is 2.78. The van der Waals surface area contributed by atoms with Crippen LogP contribution in [0.3, 0.4) is 0 Å². The Morgan fingerprint density at radius 1 is 0.667 bits per heavy atom. The summed E-state index contributed by atoms with van der Waals surface area (Å²) in [5.41, 5.74) is 3.54. The topological polar surface area (TPSA) is 60.7 Å². The van der Waals surface area contributed by atoms with Crippen LogP contribution in [0.15, 0.2) is 12.1 Å². The fourth-order valence-corrected chi connectivity index (χ4v) is 3.63. The predicted octanol–water partition coefficient (Wildman–Crippen LogP) is 6.98. The summed E-state index contributed by atoms with van der Waals surface area (Å²) in [6.07, 6.45) is 14.4. The number of unbranched alkanes of at least 4 members (excludes halogenated alkanes) is 4. The molecular weight excluding hydrogens is 372 g/mol. The standard InChI is InChI=1S/C18H30O.C9H20O2/c1-4-7-10-15-13-16(11-8-5-2)18(19)17(14-15)12-9-6-3;1-3-5-6-9(4-2,7-10)8-11/h13-14,19H,4-12H2,1-3H3;10-11H,3-8H2,1-2H3. The van der Waals surface area contributed by atoms with Crippen molar-refractivity contribution in [1.29, 1.82) is 0 Å². The largest absolute Gasteiger partial charge is 0.507 e. The van der Waals surface area contributed by atoms with Gasteiger partial charge in [-0.25, -0.2) is 0 Å². The number of hydrogen-bond donors (Lipinski definition) is 3. The molecule has 0 heterocycles. The minimum Gasteiger partial charge on any atom is -0.507 e. The molecule has 3 nitrogen and oxygen atoms in total. The molecule has 0 saturated carbocycles. The summed E-state index contributed by atoms with van der Waals surface area (Å²) in [5.74, 6) is 0.571. The maximum absolute atomic E-state index is 10.4. The molecule has 1 aromatic carbocycles. The smallest absolute Gasteiger partial charge is 0.121 e. The second-order valence-corrected chi connectivity index (χ2v) is 8.85. The number of aryl methyl sites for hydroxylation is 3. The summed E-state index contributed by atoms with van der Waals surface area (Å²) in [7, 11) is 0. The zero-order valence-corrected chi connectivity index (χ0v) is 20.6. The van der Waals surface area contributed by atoms with Crippen LogP contribution in [-0.4, -0.2) is 28.5 Å². The third kappa shape index (κ3) is 10.8. The zero-order valence-electron chi connectivity index (χ0n) is 20.6. The minimum atomic E-state index is -0.212. The number of aliphatic hydroxyl groups excluding tert-OH is 2. The summed E-state index contributed by atoms with van der Waals surface area (Å²) in [5, 5.41) is 28.5. The van der Waals surface area contributed by atoms with E-state index in [4.69, 9.17) is 10.2 Å². The van der Waals surface area contributed by atoms with Crippen LogP contribution in [0.4, 0.5) is 0 Å². The molecule has 0 aromatic heterocycles. The van der Waals surface area contributed by atoms with E-state index in [9.17, 15) is 5.11 Å². The van der Waals surface area contributed by atoms with Crippen LogP contribution in [0.5, 0.6) is 5.75 Å². The number of benzene rings is 1. The van der Waals surface area contributed by atoms with E-state index in [1.807, 2.05) is 6.92 Å². The molecular formula is C27H50O3. The van der Waals surface area contributed by atoms with Gasteiger partial charge in [0.25, 0.3) is 0 Å². The Hall–Kier alpha value is -1.06. The third-order valence-corrected chi connectivity index (χ3v) is 6.23. The molecule has 0 radical (unpaired) electrons. The van der Waals surface area contributed by atoms with Crippen molar-refractivity contribution in [2.45, 2.75) is 118 Å². The van der Waals surface area contributed by atoms with Crippen LogP contribution in [0.25, 0.3) is 0 Å². The van der Waals surface area contributed by atoms with Crippen molar-refractivity contribution in [3.05, 3.63) is 28.8 Å². The molecule has 0 saturated heterocycles. The number of aromatic hydroxyl groups is 1. The first-order valence-corrected chi connectivity index (χ1v) is 12.5. The lowest BCUT2D eigenvalue weighted by atomic mass is 9.82. The van der Waals surface area contributed by atoms with Crippen LogP contribution in [0.1, 0.15) is 116 Å². The van der Waals surface area contributed by atoms with E-state index in [1.54, 1.807) is 0 Å². The Kier molecular flexibility index (Phi) is 17.0. The van der Waals surface area contributed by atoms with E-state index in [1.165, 1.54) is 42.4 Å². The first kappa shape index (κ1) is 28.9. The zero-order chi connectivity index (χ0) is 22.8. The number of phenols is 1. The highest BCUT2D eigenvalue weighted by Crippen LogP contribution is 2.29. The monoisotopic (exact) mass is 422 g/mol. The maximum Gasteiger partial charge on any atom is 0.121 e. The van der Waals surface area contributed by atoms with Gasteiger partial charge >= 0.3 is 0 Å². The van der Waals surface area contributed by atoms with E-state index in [0.29, 0.717) is 5.75 Å². The Labute approximate surface area is 186 Å². The van der Waals surface area contributed by atoms with Crippen molar-refractivity contribution in [2.24, 2.45) is 5.41 Å². The van der Waals surface area contributed by atoms with Crippen LogP contribution in [0, 0.1) is 5.41 Å². The Morgan fingerprint density at radius 3 is 1.47 bits per heavy atom. The van der Waals surface area contributed by atoms with Gasteiger partial charge in [0.15, 0.2) is 0 Å². The lowest BCUT2D eigenvalue weighted by Crippen LogP contribution is -2.28. The molecule has 3 heteroatoms. The van der Waals surface area contributed by atoms with E-state index < -0.39 is 0 Å². The van der Waals surface area contributed by atoms with Crippen LogP contribution < -0.4 is 0 Å². The number of aliphatic hydroxyl groups is 2. The van der Waals surface area contributed by atoms with Crippen LogP contribution in [-0.2, 0) is 19.3 Å². The number of rotatable bonds is 15. The summed E-state index contributed by atoms with van der Waals surface area (Å²) in [6, 6.07) is 4.46. The summed E-state index contributed by atoms with van der Waals surface area (Å²) in [4.78, 5) is 0. The molecule has 176 valence electrons. The fourth-order valence-electron chi connectivity index (χ4n) is 3.63. The summed E-state index contributed by atoms with van der Waals surface area (Å²) < 4.78 is 0. The summed E-state index contributed by atoms with van der Waals surface area (Å²) >= 11 is 0. The van der Waals surface area contributed by atoms with Gasteiger partial charge in [0.1, 0.15) is 5.75 Å². The van der Waals surface area contributed by atoms with Crippen molar-refractivity contribution in [1.82, 2.24) is 0 Å². The maximum atomic E-state index is 10.4. The molecule has 30 heavy (non-hydrogen) atoms. The lowest BCUT2D eigenvalue weighted by Gasteiger charge is -2.27. The van der Waals surface area contributed by atoms with Gasteiger partial charge in [0, 0.05) is 5.41 Å². The molecule has 0 unspecified atom stereocenters. The lowest BCUT2D eigenvalue weighted by molar-refractivity contribution is 0.0420. The molecule has 3 N–H and O–H groups in total. The normalized spacial score (nSPS) is 11.3. The second-order valence-electron chi connectivity index (χ2n) is 8.85. The van der Waals surface area contributed by atoms with Gasteiger partial charge in [-0.05, 0) is 68.1 Å². The van der Waals surface area contributed by atoms with Crippen molar-refractivity contribution in [3.63, 3.8) is 0 Å². The molecule has 0 aliphatic carbocycles. The molecule has 0 fully saturated rings. The Balaban J connectivity index is 0.000000654. The molecule has 1 rings (SSSR count). The average molecular weight is 423 g/mol. The second kappa shape index (κ2) is 17.6. The Bertz CT molecular complexity index is 498. The number of phenolic OH excluding ortho intramolecular Hbond substituents is 1.